The van der Waals surface area contributed by atoms with Crippen molar-refractivity contribution < 1.29 is 23.8 Å². The standard InChI is InChI=1S/C18H18ClNO5/c1-12-7-4-5-10-16(12)25-11-13-14(19)8-6-9-15(13)20(17(21)23-2)18(22)24-3/h4-10H,11H2,1-3H3. The van der Waals surface area contributed by atoms with Crippen LogP contribution in [0.1, 0.15) is 11.1 Å². The molecule has 2 aromatic carbocycles. The number of aryl methyl sites for hydroxylation is 1. The second-order valence-corrected chi connectivity index (χ2v) is 5.47. The first kappa shape index (κ1) is 18.6. The summed E-state index contributed by atoms with van der Waals surface area (Å²) in [6.07, 6.45) is -1.77. The molecule has 7 heteroatoms. The third-order valence-corrected chi connectivity index (χ3v) is 3.87. The van der Waals surface area contributed by atoms with Gasteiger partial charge in [0.05, 0.1) is 19.9 Å². The van der Waals surface area contributed by atoms with E-state index in [9.17, 15) is 9.59 Å². The van der Waals surface area contributed by atoms with Crippen LogP contribution in [0.3, 0.4) is 0 Å². The van der Waals surface area contributed by atoms with Gasteiger partial charge in [0.1, 0.15) is 12.4 Å². The lowest BCUT2D eigenvalue weighted by Gasteiger charge is -2.22. The molecule has 0 spiro atoms. The molecule has 0 fully saturated rings. The molecule has 0 saturated heterocycles. The van der Waals surface area contributed by atoms with Crippen LogP contribution in [0.4, 0.5) is 15.3 Å². The molecule has 0 atom stereocenters. The molecule has 0 aliphatic rings. The molecule has 2 aromatic rings. The number of methoxy groups -OCH3 is 2. The van der Waals surface area contributed by atoms with E-state index in [0.29, 0.717) is 16.3 Å². The molecule has 6 nitrogen and oxygen atoms in total. The number of nitrogens with zero attached hydrogens (tertiary/aromatic N) is 1. The number of amides is 2. The smallest absolute Gasteiger partial charge is 0.423 e. The van der Waals surface area contributed by atoms with Gasteiger partial charge >= 0.3 is 12.2 Å². The van der Waals surface area contributed by atoms with Crippen molar-refractivity contribution >= 4 is 29.5 Å². The van der Waals surface area contributed by atoms with Gasteiger partial charge in [-0.1, -0.05) is 35.9 Å². The second kappa shape index (κ2) is 8.39. The van der Waals surface area contributed by atoms with Crippen LogP contribution in [0.5, 0.6) is 5.75 Å². The molecule has 0 saturated carbocycles. The van der Waals surface area contributed by atoms with E-state index in [-0.39, 0.29) is 12.3 Å². The molecule has 2 rings (SSSR count). The van der Waals surface area contributed by atoms with Crippen molar-refractivity contribution in [2.45, 2.75) is 13.5 Å². The summed E-state index contributed by atoms with van der Waals surface area (Å²) in [4.78, 5) is 24.8. The Balaban J connectivity index is 2.39. The topological polar surface area (TPSA) is 65.1 Å². The van der Waals surface area contributed by atoms with Crippen molar-refractivity contribution in [2.75, 3.05) is 19.1 Å². The highest BCUT2D eigenvalue weighted by Gasteiger charge is 2.28. The summed E-state index contributed by atoms with van der Waals surface area (Å²) in [6, 6.07) is 12.3. The Bertz CT molecular complexity index is 762. The highest BCUT2D eigenvalue weighted by atomic mass is 35.5. The summed E-state index contributed by atoms with van der Waals surface area (Å²) in [5.41, 5.74) is 1.65. The summed E-state index contributed by atoms with van der Waals surface area (Å²) in [5, 5.41) is 0.351. The number of ether oxygens (including phenoxy) is 3. The summed E-state index contributed by atoms with van der Waals surface area (Å²) in [5.74, 6) is 0.677. The molecule has 0 unspecified atom stereocenters. The van der Waals surface area contributed by atoms with Gasteiger partial charge in [0.2, 0.25) is 0 Å². The van der Waals surface area contributed by atoms with E-state index >= 15 is 0 Å². The third kappa shape index (κ3) is 4.22. The average molecular weight is 364 g/mol. The van der Waals surface area contributed by atoms with E-state index in [1.807, 2.05) is 31.2 Å². The minimum absolute atomic E-state index is 0.0599. The van der Waals surface area contributed by atoms with E-state index in [1.54, 1.807) is 18.2 Å². The fourth-order valence-corrected chi connectivity index (χ4v) is 2.45. The summed E-state index contributed by atoms with van der Waals surface area (Å²) in [6.45, 7) is 1.97. The molecule has 0 aliphatic heterocycles. The van der Waals surface area contributed by atoms with E-state index < -0.39 is 12.2 Å². The van der Waals surface area contributed by atoms with Crippen molar-refractivity contribution in [1.82, 2.24) is 0 Å². The largest absolute Gasteiger partial charge is 0.488 e. The molecule has 0 aliphatic carbocycles. The molecule has 0 N–H and O–H groups in total. The van der Waals surface area contributed by atoms with Gasteiger partial charge in [-0.3, -0.25) is 0 Å². The van der Waals surface area contributed by atoms with Crippen LogP contribution in [0, 0.1) is 6.92 Å². The number of carbonyl (C=O) groups is 2. The van der Waals surface area contributed by atoms with Gasteiger partial charge in [0, 0.05) is 10.6 Å². The van der Waals surface area contributed by atoms with Crippen LogP contribution in [0.25, 0.3) is 0 Å². The maximum absolute atomic E-state index is 12.0. The summed E-state index contributed by atoms with van der Waals surface area (Å²) >= 11 is 6.26. The zero-order valence-corrected chi connectivity index (χ0v) is 14.9. The van der Waals surface area contributed by atoms with Crippen molar-refractivity contribution in [3.8, 4) is 5.75 Å². The maximum Gasteiger partial charge on any atom is 0.423 e. The maximum atomic E-state index is 12.0. The van der Waals surface area contributed by atoms with Crippen molar-refractivity contribution in [3.05, 3.63) is 58.6 Å². The quantitative estimate of drug-likeness (QED) is 0.796. The minimum Gasteiger partial charge on any atom is -0.488 e. The van der Waals surface area contributed by atoms with E-state index in [0.717, 1.165) is 10.5 Å². The Kier molecular flexibility index (Phi) is 6.25. The molecule has 0 heterocycles. The van der Waals surface area contributed by atoms with Crippen LogP contribution < -0.4 is 9.64 Å². The Labute approximate surface area is 150 Å². The molecule has 25 heavy (non-hydrogen) atoms. The minimum atomic E-state index is -0.883. The van der Waals surface area contributed by atoms with Gasteiger partial charge in [-0.2, -0.15) is 4.90 Å². The van der Waals surface area contributed by atoms with Crippen LogP contribution in [-0.4, -0.2) is 26.4 Å². The lowest BCUT2D eigenvalue weighted by Crippen LogP contribution is -2.37. The predicted molar refractivity (Wildman–Crippen MR) is 94.3 cm³/mol. The van der Waals surface area contributed by atoms with E-state index in [2.05, 4.69) is 9.47 Å². The van der Waals surface area contributed by atoms with Crippen LogP contribution in [0.15, 0.2) is 42.5 Å². The SMILES string of the molecule is COC(=O)N(C(=O)OC)c1cccc(Cl)c1COc1ccccc1C. The van der Waals surface area contributed by atoms with E-state index in [4.69, 9.17) is 16.3 Å². The zero-order chi connectivity index (χ0) is 18.4. The first-order valence-electron chi connectivity index (χ1n) is 7.41. The van der Waals surface area contributed by atoms with Crippen LogP contribution in [0.2, 0.25) is 5.02 Å². The van der Waals surface area contributed by atoms with E-state index in [1.165, 1.54) is 14.2 Å². The number of halogens is 1. The second-order valence-electron chi connectivity index (χ2n) is 5.07. The fraction of sp³-hybridized carbons (Fsp3) is 0.222. The number of benzene rings is 2. The van der Waals surface area contributed by atoms with Gasteiger partial charge < -0.3 is 14.2 Å². The number of para-hydroxylation sites is 1. The van der Waals surface area contributed by atoms with Gasteiger partial charge in [0.25, 0.3) is 0 Å². The fourth-order valence-electron chi connectivity index (χ4n) is 2.22. The molecular weight excluding hydrogens is 346 g/mol. The third-order valence-electron chi connectivity index (χ3n) is 3.52. The number of anilines is 1. The number of hydrogen-bond donors (Lipinski definition) is 0. The molecular formula is C18H18ClNO5. The van der Waals surface area contributed by atoms with Crippen molar-refractivity contribution in [3.63, 3.8) is 0 Å². The van der Waals surface area contributed by atoms with Gasteiger partial charge in [-0.05, 0) is 30.7 Å². The van der Waals surface area contributed by atoms with Crippen LogP contribution in [-0.2, 0) is 16.1 Å². The normalized spacial score (nSPS) is 10.1. The Morgan fingerprint density at radius 1 is 1.00 bits per heavy atom. The lowest BCUT2D eigenvalue weighted by molar-refractivity contribution is 0.159. The first-order chi connectivity index (χ1) is 12.0. The number of rotatable bonds is 4. The average Bonchev–Trinajstić information content (AvgIpc) is 2.62. The molecule has 2 amide bonds. The molecule has 0 radical (unpaired) electrons. The Morgan fingerprint density at radius 3 is 2.24 bits per heavy atom. The lowest BCUT2D eigenvalue weighted by atomic mass is 10.1. The Hall–Kier alpha value is -2.73. The Morgan fingerprint density at radius 2 is 1.64 bits per heavy atom. The number of hydrogen-bond acceptors (Lipinski definition) is 5. The first-order valence-corrected chi connectivity index (χ1v) is 7.79. The van der Waals surface area contributed by atoms with Crippen molar-refractivity contribution in [1.29, 1.82) is 0 Å². The summed E-state index contributed by atoms with van der Waals surface area (Å²) < 4.78 is 15.1. The monoisotopic (exact) mass is 363 g/mol. The van der Waals surface area contributed by atoms with Crippen LogP contribution >= 0.6 is 11.6 Å². The molecule has 0 aromatic heterocycles. The number of imide groups is 1. The molecule has 132 valence electrons. The van der Waals surface area contributed by atoms with Gasteiger partial charge in [-0.25, -0.2) is 9.59 Å². The number of carbonyl (C=O) groups excluding carboxylic acids is 2. The summed E-state index contributed by atoms with van der Waals surface area (Å²) in [7, 11) is 2.35. The highest BCUT2D eigenvalue weighted by molar-refractivity contribution is 6.32. The predicted octanol–water partition coefficient (Wildman–Crippen LogP) is 4.57. The van der Waals surface area contributed by atoms with Crippen molar-refractivity contribution in [2.24, 2.45) is 0 Å². The highest BCUT2D eigenvalue weighted by Crippen LogP contribution is 2.30. The van der Waals surface area contributed by atoms with Gasteiger partial charge in [0.15, 0.2) is 0 Å². The molecule has 0 bridgehead atoms. The zero-order valence-electron chi connectivity index (χ0n) is 14.1. The van der Waals surface area contributed by atoms with Gasteiger partial charge in [-0.15, -0.1) is 0 Å².